The molecule has 1 aromatic rings. The molecule has 0 saturated carbocycles. The Morgan fingerprint density at radius 3 is 2.60 bits per heavy atom. The first-order chi connectivity index (χ1) is 9.43. The molecule has 1 saturated heterocycles. The molecule has 108 valence electrons. The van der Waals surface area contributed by atoms with Gasteiger partial charge in [0.1, 0.15) is 5.82 Å². The molecule has 0 radical (unpaired) electrons. The molecule has 1 heterocycles. The number of rotatable bonds is 2. The van der Waals surface area contributed by atoms with Crippen molar-refractivity contribution in [1.29, 1.82) is 0 Å². The van der Waals surface area contributed by atoms with Gasteiger partial charge in [0, 0.05) is 33.1 Å². The zero-order valence-electron chi connectivity index (χ0n) is 12.0. The highest BCUT2D eigenvalue weighted by Crippen LogP contribution is 2.37. The van der Waals surface area contributed by atoms with E-state index in [4.69, 9.17) is 0 Å². The molecule has 0 unspecified atom stereocenters. The van der Waals surface area contributed by atoms with E-state index in [1.807, 2.05) is 0 Å². The molecule has 20 heavy (non-hydrogen) atoms. The Labute approximate surface area is 118 Å². The van der Waals surface area contributed by atoms with Gasteiger partial charge in [0.25, 0.3) is 0 Å². The Bertz CT molecular complexity index is 530. The van der Waals surface area contributed by atoms with Crippen LogP contribution in [0.3, 0.4) is 0 Å². The maximum absolute atomic E-state index is 14.0. The number of hydrogen-bond acceptors (Lipinski definition) is 2. The third kappa shape index (κ3) is 2.53. The average Bonchev–Trinajstić information content (AvgIpc) is 2.42. The minimum absolute atomic E-state index is 0.0546. The normalized spacial score (nSPS) is 22.8. The molecule has 2 atom stereocenters. The van der Waals surface area contributed by atoms with E-state index in [1.54, 1.807) is 39.3 Å². The van der Waals surface area contributed by atoms with Gasteiger partial charge in [-0.15, -0.1) is 0 Å². The van der Waals surface area contributed by atoms with Crippen molar-refractivity contribution in [2.75, 3.05) is 21.1 Å². The van der Waals surface area contributed by atoms with Crippen molar-refractivity contribution in [3.63, 3.8) is 0 Å². The minimum Gasteiger partial charge on any atom is -0.349 e. The second-order valence-electron chi connectivity index (χ2n) is 5.35. The van der Waals surface area contributed by atoms with Gasteiger partial charge in [-0.05, 0) is 12.5 Å². The smallest absolute Gasteiger partial charge is 0.227 e. The van der Waals surface area contributed by atoms with Gasteiger partial charge >= 0.3 is 0 Å². The summed E-state index contributed by atoms with van der Waals surface area (Å²) in [5.41, 5.74) is 0.406. The van der Waals surface area contributed by atoms with Crippen molar-refractivity contribution in [3.8, 4) is 0 Å². The standard InChI is InChI=1S/C15H19FN2O2/c1-17(2)15(20)11-8-9-13(19)18(3)14(11)10-6-4-5-7-12(10)16/h4-7,11,14H,8-9H2,1-3H3/t11-,14-/m1/s1. The summed E-state index contributed by atoms with van der Waals surface area (Å²) >= 11 is 0. The predicted octanol–water partition coefficient (Wildman–Crippen LogP) is 1.82. The van der Waals surface area contributed by atoms with Crippen LogP contribution in [-0.2, 0) is 9.59 Å². The summed E-state index contributed by atoms with van der Waals surface area (Å²) in [6, 6.07) is 5.80. The maximum atomic E-state index is 14.0. The van der Waals surface area contributed by atoms with Crippen molar-refractivity contribution >= 4 is 11.8 Å². The van der Waals surface area contributed by atoms with Crippen LogP contribution in [0.2, 0.25) is 0 Å². The van der Waals surface area contributed by atoms with Crippen molar-refractivity contribution in [2.45, 2.75) is 18.9 Å². The number of amides is 2. The van der Waals surface area contributed by atoms with Crippen LogP contribution in [0.15, 0.2) is 24.3 Å². The molecule has 2 amide bonds. The Hall–Kier alpha value is -1.91. The third-order valence-corrected chi connectivity index (χ3v) is 3.84. The Balaban J connectivity index is 2.44. The number of carbonyl (C=O) groups is 2. The first kappa shape index (κ1) is 14.5. The summed E-state index contributed by atoms with van der Waals surface area (Å²) in [6.45, 7) is 0. The third-order valence-electron chi connectivity index (χ3n) is 3.84. The van der Waals surface area contributed by atoms with Crippen LogP contribution in [0.25, 0.3) is 0 Å². The number of benzene rings is 1. The van der Waals surface area contributed by atoms with Crippen LogP contribution >= 0.6 is 0 Å². The van der Waals surface area contributed by atoms with Gasteiger partial charge in [0.05, 0.1) is 12.0 Å². The summed E-state index contributed by atoms with van der Waals surface area (Å²) < 4.78 is 14.0. The van der Waals surface area contributed by atoms with Gasteiger partial charge in [-0.2, -0.15) is 0 Å². The van der Waals surface area contributed by atoms with Crippen LogP contribution in [0.1, 0.15) is 24.4 Å². The van der Waals surface area contributed by atoms with Crippen LogP contribution < -0.4 is 0 Å². The van der Waals surface area contributed by atoms with E-state index in [2.05, 4.69) is 0 Å². The molecule has 1 fully saturated rings. The van der Waals surface area contributed by atoms with Crippen molar-refractivity contribution in [3.05, 3.63) is 35.6 Å². The topological polar surface area (TPSA) is 40.6 Å². The lowest BCUT2D eigenvalue weighted by atomic mass is 9.83. The quantitative estimate of drug-likeness (QED) is 0.828. The lowest BCUT2D eigenvalue weighted by Crippen LogP contribution is -2.46. The fourth-order valence-electron chi connectivity index (χ4n) is 2.77. The largest absolute Gasteiger partial charge is 0.349 e. The monoisotopic (exact) mass is 278 g/mol. The number of piperidine rings is 1. The molecule has 0 aromatic heterocycles. The van der Waals surface area contributed by atoms with Crippen molar-refractivity contribution < 1.29 is 14.0 Å². The van der Waals surface area contributed by atoms with Crippen LogP contribution in [0.4, 0.5) is 4.39 Å². The highest BCUT2D eigenvalue weighted by molar-refractivity contribution is 5.84. The van der Waals surface area contributed by atoms with Gasteiger partial charge < -0.3 is 9.80 Å². The predicted molar refractivity (Wildman–Crippen MR) is 73.3 cm³/mol. The van der Waals surface area contributed by atoms with Gasteiger partial charge in [-0.3, -0.25) is 9.59 Å². The van der Waals surface area contributed by atoms with Gasteiger partial charge in [0.15, 0.2) is 0 Å². The van der Waals surface area contributed by atoms with E-state index in [1.165, 1.54) is 15.9 Å². The summed E-state index contributed by atoms with van der Waals surface area (Å²) in [4.78, 5) is 27.2. The summed E-state index contributed by atoms with van der Waals surface area (Å²) in [5, 5.41) is 0. The summed E-state index contributed by atoms with van der Waals surface area (Å²) in [6.07, 6.45) is 0.783. The Morgan fingerprint density at radius 1 is 1.35 bits per heavy atom. The number of halogens is 1. The van der Waals surface area contributed by atoms with Crippen LogP contribution in [0.5, 0.6) is 0 Å². The van der Waals surface area contributed by atoms with E-state index < -0.39 is 12.0 Å². The maximum Gasteiger partial charge on any atom is 0.227 e. The lowest BCUT2D eigenvalue weighted by Gasteiger charge is -2.39. The molecule has 1 aromatic carbocycles. The van der Waals surface area contributed by atoms with Crippen molar-refractivity contribution in [1.82, 2.24) is 9.80 Å². The number of carbonyl (C=O) groups excluding carboxylic acids is 2. The molecule has 2 rings (SSSR count). The number of hydrogen-bond donors (Lipinski definition) is 0. The molecule has 0 spiro atoms. The molecule has 0 bridgehead atoms. The second kappa shape index (κ2) is 5.61. The van der Waals surface area contributed by atoms with Crippen LogP contribution in [0, 0.1) is 11.7 Å². The summed E-state index contributed by atoms with van der Waals surface area (Å²) in [7, 11) is 4.99. The van der Waals surface area contributed by atoms with E-state index in [-0.39, 0.29) is 17.6 Å². The van der Waals surface area contributed by atoms with Gasteiger partial charge in [0.2, 0.25) is 11.8 Å². The zero-order valence-corrected chi connectivity index (χ0v) is 12.0. The van der Waals surface area contributed by atoms with Crippen LogP contribution in [-0.4, -0.2) is 42.8 Å². The molecule has 4 nitrogen and oxygen atoms in total. The number of nitrogens with zero attached hydrogens (tertiary/aromatic N) is 2. The highest BCUT2D eigenvalue weighted by atomic mass is 19.1. The molecule has 0 aliphatic carbocycles. The fourth-order valence-corrected chi connectivity index (χ4v) is 2.77. The molecule has 0 N–H and O–H groups in total. The van der Waals surface area contributed by atoms with E-state index in [0.717, 1.165) is 0 Å². The zero-order chi connectivity index (χ0) is 14.9. The second-order valence-corrected chi connectivity index (χ2v) is 5.35. The molecular formula is C15H19FN2O2. The highest BCUT2D eigenvalue weighted by Gasteiger charge is 2.40. The SMILES string of the molecule is CN(C)C(=O)[C@@H]1CCC(=O)N(C)[C@@H]1c1ccccc1F. The molecule has 5 heteroatoms. The first-order valence-electron chi connectivity index (χ1n) is 6.64. The van der Waals surface area contributed by atoms with Gasteiger partial charge in [-0.1, -0.05) is 18.2 Å². The summed E-state index contributed by atoms with van der Waals surface area (Å²) in [5.74, 6) is -0.904. The molecular weight excluding hydrogens is 259 g/mol. The molecule has 1 aliphatic heterocycles. The number of likely N-dealkylation sites (tertiary alicyclic amines) is 1. The Kier molecular flexibility index (Phi) is 4.06. The van der Waals surface area contributed by atoms with E-state index in [9.17, 15) is 14.0 Å². The van der Waals surface area contributed by atoms with Gasteiger partial charge in [-0.25, -0.2) is 4.39 Å². The van der Waals surface area contributed by atoms with Crippen molar-refractivity contribution in [2.24, 2.45) is 5.92 Å². The average molecular weight is 278 g/mol. The first-order valence-corrected chi connectivity index (χ1v) is 6.64. The lowest BCUT2D eigenvalue weighted by molar-refractivity contribution is -0.145. The molecule has 1 aliphatic rings. The minimum atomic E-state index is -0.535. The van der Waals surface area contributed by atoms with E-state index >= 15 is 0 Å². The van der Waals surface area contributed by atoms with E-state index in [0.29, 0.717) is 18.4 Å². The fraction of sp³-hybridized carbons (Fsp3) is 0.467. The Morgan fingerprint density at radius 2 is 2.00 bits per heavy atom.